The molecule has 0 aromatic heterocycles. The third kappa shape index (κ3) is 2.18. The quantitative estimate of drug-likeness (QED) is 0.745. The first-order valence-corrected chi connectivity index (χ1v) is 7.51. The lowest BCUT2D eigenvalue weighted by atomic mass is 9.78. The van der Waals surface area contributed by atoms with Crippen LogP contribution in [0.1, 0.15) is 35.2 Å². The molecule has 4 rings (SSSR count). The van der Waals surface area contributed by atoms with Crippen LogP contribution < -0.4 is 5.46 Å². The van der Waals surface area contributed by atoms with Gasteiger partial charge in [0.25, 0.3) is 5.91 Å². The molecule has 2 N–H and O–H groups in total. The fourth-order valence-corrected chi connectivity index (χ4v) is 3.47. The number of β-amino-alcohol motifs (C(OH)–C–C–N with tert-alkyl or cyclic N) is 1. The maximum Gasteiger partial charge on any atom is 0.491 e. The van der Waals surface area contributed by atoms with Crippen LogP contribution in [0.2, 0.25) is 0 Å². The van der Waals surface area contributed by atoms with Crippen LogP contribution in [0.4, 0.5) is 0 Å². The van der Waals surface area contributed by atoms with Gasteiger partial charge in [-0.2, -0.15) is 0 Å². The summed E-state index contributed by atoms with van der Waals surface area (Å²) in [4.78, 5) is 14.3. The van der Waals surface area contributed by atoms with Crippen molar-refractivity contribution in [1.29, 1.82) is 0 Å². The fraction of sp³-hybridized carbons (Fsp3) is 0.533. The van der Waals surface area contributed by atoms with Gasteiger partial charge in [0.1, 0.15) is 0 Å². The van der Waals surface area contributed by atoms with Crippen LogP contribution in [0.15, 0.2) is 18.2 Å². The lowest BCUT2D eigenvalue weighted by molar-refractivity contribution is 0.0257. The number of rotatable bonds is 2. The topological polar surface area (TPSA) is 70.0 Å². The maximum absolute atomic E-state index is 12.6. The molecule has 21 heavy (non-hydrogen) atoms. The number of nitrogens with zero attached hydrogens (tertiary/aromatic N) is 1. The van der Waals surface area contributed by atoms with Crippen molar-refractivity contribution in [3.63, 3.8) is 0 Å². The molecule has 0 bridgehead atoms. The van der Waals surface area contributed by atoms with E-state index in [2.05, 4.69) is 0 Å². The Morgan fingerprint density at radius 2 is 2.24 bits per heavy atom. The average molecular weight is 287 g/mol. The summed E-state index contributed by atoms with van der Waals surface area (Å²) in [6, 6.07) is 5.32. The highest BCUT2D eigenvalue weighted by atomic mass is 16.5. The minimum absolute atomic E-state index is 0.0755. The first-order chi connectivity index (χ1) is 10.1. The van der Waals surface area contributed by atoms with E-state index >= 15 is 0 Å². The Morgan fingerprint density at radius 3 is 3.00 bits per heavy atom. The molecular weight excluding hydrogens is 269 g/mol. The highest BCUT2D eigenvalue weighted by Gasteiger charge is 2.49. The van der Waals surface area contributed by atoms with E-state index in [1.165, 1.54) is 0 Å². The second-order valence-electron chi connectivity index (χ2n) is 6.43. The smallest absolute Gasteiger partial charge is 0.423 e. The number of hydrogen-bond donors (Lipinski definition) is 2. The van der Waals surface area contributed by atoms with E-state index in [-0.39, 0.29) is 5.91 Å². The van der Waals surface area contributed by atoms with Gasteiger partial charge in [-0.15, -0.1) is 0 Å². The monoisotopic (exact) mass is 287 g/mol. The van der Waals surface area contributed by atoms with E-state index in [1.807, 2.05) is 6.07 Å². The van der Waals surface area contributed by atoms with Gasteiger partial charge in [-0.3, -0.25) is 4.79 Å². The van der Waals surface area contributed by atoms with Crippen LogP contribution >= 0.6 is 0 Å². The van der Waals surface area contributed by atoms with E-state index in [9.17, 15) is 14.9 Å². The third-order valence-electron chi connectivity index (χ3n) is 4.96. The maximum atomic E-state index is 12.6. The number of likely N-dealkylation sites (tertiary alicyclic amines) is 1. The van der Waals surface area contributed by atoms with Gasteiger partial charge < -0.3 is 19.7 Å². The Kier molecular flexibility index (Phi) is 2.89. The number of fused-ring (bicyclic) bond motifs is 1. The summed E-state index contributed by atoms with van der Waals surface area (Å²) in [5.41, 5.74) is 1.47. The number of aliphatic hydroxyl groups is 1. The molecule has 0 radical (unpaired) electrons. The first kappa shape index (κ1) is 13.3. The Bertz CT molecular complexity index is 603. The van der Waals surface area contributed by atoms with E-state index in [0.29, 0.717) is 43.1 Å². The molecule has 2 fully saturated rings. The predicted octanol–water partition coefficient (Wildman–Crippen LogP) is -0.109. The van der Waals surface area contributed by atoms with E-state index in [1.54, 1.807) is 17.0 Å². The number of benzene rings is 1. The van der Waals surface area contributed by atoms with Crippen LogP contribution in [0, 0.1) is 5.92 Å². The Morgan fingerprint density at radius 1 is 1.43 bits per heavy atom. The molecule has 0 spiro atoms. The average Bonchev–Trinajstić information content (AvgIpc) is 3.19. The van der Waals surface area contributed by atoms with Crippen molar-refractivity contribution >= 4 is 18.5 Å². The molecule has 1 aromatic carbocycles. The summed E-state index contributed by atoms with van der Waals surface area (Å²) in [6.07, 6.45) is 2.81. The molecule has 6 heteroatoms. The lowest BCUT2D eigenvalue weighted by Crippen LogP contribution is -2.38. The highest BCUT2D eigenvalue weighted by Crippen LogP contribution is 2.44. The van der Waals surface area contributed by atoms with Gasteiger partial charge in [-0.05, 0) is 48.3 Å². The van der Waals surface area contributed by atoms with Crippen LogP contribution in [0.25, 0.3) is 0 Å². The van der Waals surface area contributed by atoms with Crippen molar-refractivity contribution in [2.24, 2.45) is 5.92 Å². The summed E-state index contributed by atoms with van der Waals surface area (Å²) in [5, 5.41) is 20.3. The van der Waals surface area contributed by atoms with Crippen LogP contribution in [0.3, 0.4) is 0 Å². The zero-order chi connectivity index (χ0) is 14.6. The summed E-state index contributed by atoms with van der Waals surface area (Å²) < 4.78 is 5.15. The van der Waals surface area contributed by atoms with Gasteiger partial charge in [-0.1, -0.05) is 6.07 Å². The van der Waals surface area contributed by atoms with Gasteiger partial charge in [0.15, 0.2) is 0 Å². The molecule has 1 aromatic rings. The summed E-state index contributed by atoms with van der Waals surface area (Å²) in [5.74, 6) is 0.291. The number of hydrogen-bond acceptors (Lipinski definition) is 4. The van der Waals surface area contributed by atoms with Crippen LogP contribution in [-0.4, -0.2) is 46.7 Å². The molecule has 1 atom stereocenters. The van der Waals surface area contributed by atoms with Crippen molar-refractivity contribution in [3.8, 4) is 0 Å². The van der Waals surface area contributed by atoms with Crippen molar-refractivity contribution in [2.45, 2.75) is 31.5 Å². The molecule has 5 nitrogen and oxygen atoms in total. The molecule has 1 amide bonds. The highest BCUT2D eigenvalue weighted by molar-refractivity contribution is 6.61. The molecule has 1 saturated carbocycles. The molecule has 1 saturated heterocycles. The van der Waals surface area contributed by atoms with Crippen molar-refractivity contribution in [1.82, 2.24) is 4.90 Å². The number of amides is 1. The van der Waals surface area contributed by atoms with E-state index < -0.39 is 12.7 Å². The summed E-state index contributed by atoms with van der Waals surface area (Å²) in [6.45, 7) is 1.41. The van der Waals surface area contributed by atoms with Crippen molar-refractivity contribution in [3.05, 3.63) is 29.3 Å². The van der Waals surface area contributed by atoms with E-state index in [0.717, 1.165) is 18.4 Å². The standard InChI is InChI=1S/C15H18BNO4/c18-14(17-6-5-15(19,9-17)12-3-4-12)10-1-2-11-8-21-16(20)13(11)7-10/h1-2,7,12,19-20H,3-6,8-9H2. The zero-order valence-electron chi connectivity index (χ0n) is 11.8. The molecule has 3 aliphatic rings. The van der Waals surface area contributed by atoms with Crippen LogP contribution in [0.5, 0.6) is 0 Å². The number of carbonyl (C=O) groups excluding carboxylic acids is 1. The fourth-order valence-electron chi connectivity index (χ4n) is 3.47. The summed E-state index contributed by atoms with van der Waals surface area (Å²) in [7, 11) is -0.935. The zero-order valence-corrected chi connectivity index (χ0v) is 11.8. The van der Waals surface area contributed by atoms with Gasteiger partial charge in [0, 0.05) is 12.1 Å². The normalized spacial score (nSPS) is 28.1. The Labute approximate surface area is 123 Å². The van der Waals surface area contributed by atoms with Gasteiger partial charge in [0.05, 0.1) is 18.8 Å². The van der Waals surface area contributed by atoms with Gasteiger partial charge >= 0.3 is 7.12 Å². The Balaban J connectivity index is 1.54. The third-order valence-corrected chi connectivity index (χ3v) is 4.96. The molecule has 110 valence electrons. The largest absolute Gasteiger partial charge is 0.491 e. The predicted molar refractivity (Wildman–Crippen MR) is 77.0 cm³/mol. The molecule has 2 heterocycles. The van der Waals surface area contributed by atoms with Crippen molar-refractivity contribution in [2.75, 3.05) is 13.1 Å². The summed E-state index contributed by atoms with van der Waals surface area (Å²) >= 11 is 0. The molecule has 1 aliphatic carbocycles. The first-order valence-electron chi connectivity index (χ1n) is 7.51. The molecule has 2 aliphatic heterocycles. The van der Waals surface area contributed by atoms with Crippen molar-refractivity contribution < 1.29 is 19.6 Å². The lowest BCUT2D eigenvalue weighted by Gasteiger charge is -2.23. The minimum Gasteiger partial charge on any atom is -0.423 e. The minimum atomic E-state index is -0.935. The van der Waals surface area contributed by atoms with Gasteiger partial charge in [0.2, 0.25) is 0 Å². The SMILES string of the molecule is O=C(c1ccc2c(c1)B(O)OC2)N1CCC(O)(C2CC2)C1. The van der Waals surface area contributed by atoms with E-state index in [4.69, 9.17) is 4.65 Å². The molecular formula is C15H18BNO4. The Hall–Kier alpha value is -1.37. The van der Waals surface area contributed by atoms with Gasteiger partial charge in [-0.25, -0.2) is 0 Å². The second kappa shape index (κ2) is 4.56. The van der Waals surface area contributed by atoms with Crippen LogP contribution in [-0.2, 0) is 11.3 Å². The second-order valence-corrected chi connectivity index (χ2v) is 6.43. The molecule has 1 unspecified atom stereocenters. The number of carbonyl (C=O) groups is 1.